The first kappa shape index (κ1) is 13.2. The van der Waals surface area contributed by atoms with Gasteiger partial charge in [0.1, 0.15) is 6.54 Å². The molecule has 0 bridgehead atoms. The maximum Gasteiger partial charge on any atom is 0.325 e. The van der Waals surface area contributed by atoms with Gasteiger partial charge in [0.15, 0.2) is 0 Å². The molecule has 0 atom stereocenters. The van der Waals surface area contributed by atoms with Crippen molar-refractivity contribution in [2.24, 2.45) is 0 Å². The summed E-state index contributed by atoms with van der Waals surface area (Å²) in [5.41, 5.74) is 0.834. The Bertz CT molecular complexity index is 379. The van der Waals surface area contributed by atoms with E-state index in [4.69, 9.17) is 0 Å². The van der Waals surface area contributed by atoms with E-state index >= 15 is 0 Å². The van der Waals surface area contributed by atoms with Crippen LogP contribution in [-0.2, 0) is 20.7 Å². The highest BCUT2D eigenvalue weighted by Crippen LogP contribution is 2.01. The number of likely N-dealkylation sites (N-methyl/N-ethyl adjacent to an activating group) is 1. The molecule has 0 fully saturated rings. The predicted octanol–water partition coefficient (Wildman–Crippen LogP) is 0.646. The number of ether oxygens (including phenoxy) is 1. The van der Waals surface area contributed by atoms with Gasteiger partial charge in [-0.05, 0) is 18.6 Å². The Hall–Kier alpha value is -1.91. The molecule has 1 aromatic rings. The Morgan fingerprint density at radius 1 is 1.47 bits per heavy atom. The topological polar surface area (TPSA) is 59.5 Å². The number of methoxy groups -OCH3 is 1. The van der Waals surface area contributed by atoms with Crippen molar-refractivity contribution in [1.82, 2.24) is 9.88 Å². The third-order valence-electron chi connectivity index (χ3n) is 2.36. The highest BCUT2D eigenvalue weighted by atomic mass is 16.5. The van der Waals surface area contributed by atoms with E-state index in [0.717, 1.165) is 5.56 Å². The van der Waals surface area contributed by atoms with E-state index in [2.05, 4.69) is 9.72 Å². The van der Waals surface area contributed by atoms with E-state index in [-0.39, 0.29) is 18.9 Å². The first-order chi connectivity index (χ1) is 8.17. The van der Waals surface area contributed by atoms with Gasteiger partial charge in [-0.25, -0.2) is 0 Å². The number of carbonyl (C=O) groups excluding carboxylic acids is 2. The lowest BCUT2D eigenvalue weighted by atomic mass is 10.2. The van der Waals surface area contributed by atoms with Crippen LogP contribution in [0.4, 0.5) is 0 Å². The van der Waals surface area contributed by atoms with Gasteiger partial charge in [-0.15, -0.1) is 0 Å². The quantitative estimate of drug-likeness (QED) is 0.704. The molecule has 0 aliphatic rings. The molecule has 1 aromatic heterocycles. The standard InChI is InChI=1S/C12H16N2O3/c1-3-14(9-12(16)17-2)11(15)7-10-5-4-6-13-8-10/h4-6,8H,3,7,9H2,1-2H3. The number of rotatable bonds is 5. The Morgan fingerprint density at radius 3 is 2.76 bits per heavy atom. The van der Waals surface area contributed by atoms with Crippen molar-refractivity contribution in [3.63, 3.8) is 0 Å². The van der Waals surface area contributed by atoms with Gasteiger partial charge in [-0.3, -0.25) is 14.6 Å². The van der Waals surface area contributed by atoms with E-state index < -0.39 is 5.97 Å². The third-order valence-corrected chi connectivity index (χ3v) is 2.36. The summed E-state index contributed by atoms with van der Waals surface area (Å²) in [6.45, 7) is 2.30. The second kappa shape index (κ2) is 6.62. The van der Waals surface area contributed by atoms with Crippen molar-refractivity contribution < 1.29 is 14.3 Å². The zero-order valence-corrected chi connectivity index (χ0v) is 10.0. The van der Waals surface area contributed by atoms with Crippen LogP contribution in [0.15, 0.2) is 24.5 Å². The van der Waals surface area contributed by atoms with Crippen molar-refractivity contribution in [3.8, 4) is 0 Å². The van der Waals surface area contributed by atoms with Crippen LogP contribution in [0.5, 0.6) is 0 Å². The monoisotopic (exact) mass is 236 g/mol. The Labute approximate surface area is 100 Å². The second-order valence-corrected chi connectivity index (χ2v) is 3.52. The summed E-state index contributed by atoms with van der Waals surface area (Å²) in [7, 11) is 1.31. The summed E-state index contributed by atoms with van der Waals surface area (Å²) in [4.78, 5) is 28.4. The summed E-state index contributed by atoms with van der Waals surface area (Å²) in [5.74, 6) is -0.516. The van der Waals surface area contributed by atoms with E-state index in [1.54, 1.807) is 18.5 Å². The zero-order valence-electron chi connectivity index (χ0n) is 10.0. The van der Waals surface area contributed by atoms with Crippen molar-refractivity contribution >= 4 is 11.9 Å². The molecule has 0 saturated carbocycles. The zero-order chi connectivity index (χ0) is 12.7. The lowest BCUT2D eigenvalue weighted by molar-refractivity contribution is -0.146. The van der Waals surface area contributed by atoms with Crippen LogP contribution in [0.2, 0.25) is 0 Å². The average molecular weight is 236 g/mol. The summed E-state index contributed by atoms with van der Waals surface area (Å²) in [6.07, 6.45) is 3.54. The third kappa shape index (κ3) is 4.22. The molecule has 0 radical (unpaired) electrons. The maximum atomic E-state index is 11.9. The summed E-state index contributed by atoms with van der Waals surface area (Å²) in [5, 5.41) is 0. The van der Waals surface area contributed by atoms with Gasteiger partial charge in [0.2, 0.25) is 5.91 Å². The SMILES string of the molecule is CCN(CC(=O)OC)C(=O)Cc1cccnc1. The molecule has 1 amide bonds. The molecule has 92 valence electrons. The molecule has 0 spiro atoms. The average Bonchev–Trinajstić information content (AvgIpc) is 2.36. The maximum absolute atomic E-state index is 11.9. The van der Waals surface area contributed by atoms with E-state index in [1.807, 2.05) is 13.0 Å². The fraction of sp³-hybridized carbons (Fsp3) is 0.417. The van der Waals surface area contributed by atoms with Crippen molar-refractivity contribution in [1.29, 1.82) is 0 Å². The van der Waals surface area contributed by atoms with Gasteiger partial charge in [-0.1, -0.05) is 6.07 Å². The number of hydrogen-bond donors (Lipinski definition) is 0. The highest BCUT2D eigenvalue weighted by Gasteiger charge is 2.15. The van der Waals surface area contributed by atoms with Gasteiger partial charge in [0, 0.05) is 18.9 Å². The van der Waals surface area contributed by atoms with Gasteiger partial charge in [0.25, 0.3) is 0 Å². The molecule has 0 unspecified atom stereocenters. The van der Waals surface area contributed by atoms with Crippen LogP contribution in [0, 0.1) is 0 Å². The minimum atomic E-state index is -0.411. The fourth-order valence-corrected chi connectivity index (χ4v) is 1.39. The van der Waals surface area contributed by atoms with Crippen molar-refractivity contribution in [2.45, 2.75) is 13.3 Å². The minimum Gasteiger partial charge on any atom is -0.468 e. The summed E-state index contributed by atoms with van der Waals surface area (Å²) < 4.78 is 4.54. The van der Waals surface area contributed by atoms with E-state index in [0.29, 0.717) is 6.54 Å². The molecule has 0 saturated heterocycles. The predicted molar refractivity (Wildman–Crippen MR) is 62.2 cm³/mol. The van der Waals surface area contributed by atoms with Gasteiger partial charge in [-0.2, -0.15) is 0 Å². The molecule has 0 aliphatic heterocycles. The van der Waals surface area contributed by atoms with Crippen LogP contribution in [-0.4, -0.2) is 42.0 Å². The van der Waals surface area contributed by atoms with Crippen LogP contribution < -0.4 is 0 Å². The first-order valence-corrected chi connectivity index (χ1v) is 5.40. The number of esters is 1. The van der Waals surface area contributed by atoms with E-state index in [1.165, 1.54) is 12.0 Å². The molecule has 5 nitrogen and oxygen atoms in total. The van der Waals surface area contributed by atoms with Gasteiger partial charge < -0.3 is 9.64 Å². The number of pyridine rings is 1. The molecular weight excluding hydrogens is 220 g/mol. The minimum absolute atomic E-state index is 0.00784. The number of carbonyl (C=O) groups is 2. The molecule has 0 aliphatic carbocycles. The molecule has 1 heterocycles. The number of nitrogens with zero attached hydrogens (tertiary/aromatic N) is 2. The molecule has 0 aromatic carbocycles. The first-order valence-electron chi connectivity index (χ1n) is 5.40. The fourth-order valence-electron chi connectivity index (χ4n) is 1.39. The molecule has 0 N–H and O–H groups in total. The largest absolute Gasteiger partial charge is 0.468 e. The van der Waals surface area contributed by atoms with Crippen LogP contribution in [0.3, 0.4) is 0 Å². The Kier molecular flexibility index (Phi) is 5.13. The number of aromatic nitrogens is 1. The lowest BCUT2D eigenvalue weighted by Gasteiger charge is -2.19. The Balaban J connectivity index is 2.58. The van der Waals surface area contributed by atoms with Gasteiger partial charge >= 0.3 is 5.97 Å². The summed E-state index contributed by atoms with van der Waals surface area (Å²) in [6, 6.07) is 3.61. The van der Waals surface area contributed by atoms with Crippen LogP contribution >= 0.6 is 0 Å². The second-order valence-electron chi connectivity index (χ2n) is 3.52. The highest BCUT2D eigenvalue weighted by molar-refractivity contribution is 5.83. The molecule has 1 rings (SSSR count). The smallest absolute Gasteiger partial charge is 0.325 e. The van der Waals surface area contributed by atoms with Crippen LogP contribution in [0.1, 0.15) is 12.5 Å². The molecular formula is C12H16N2O3. The van der Waals surface area contributed by atoms with E-state index in [9.17, 15) is 9.59 Å². The van der Waals surface area contributed by atoms with Crippen molar-refractivity contribution in [2.75, 3.05) is 20.2 Å². The lowest BCUT2D eigenvalue weighted by Crippen LogP contribution is -2.37. The normalized spacial score (nSPS) is 9.76. The number of amides is 1. The van der Waals surface area contributed by atoms with Gasteiger partial charge in [0.05, 0.1) is 13.5 Å². The van der Waals surface area contributed by atoms with Crippen LogP contribution in [0.25, 0.3) is 0 Å². The number of hydrogen-bond acceptors (Lipinski definition) is 4. The summed E-state index contributed by atoms with van der Waals surface area (Å²) >= 11 is 0. The molecule has 17 heavy (non-hydrogen) atoms. The Morgan fingerprint density at radius 2 is 2.24 bits per heavy atom. The molecule has 5 heteroatoms. The van der Waals surface area contributed by atoms with Crippen molar-refractivity contribution in [3.05, 3.63) is 30.1 Å².